The van der Waals surface area contributed by atoms with Crippen LogP contribution in [-0.4, -0.2) is 30.9 Å². The Labute approximate surface area is 228 Å². The topological polar surface area (TPSA) is 96.5 Å². The zero-order valence-electron chi connectivity index (χ0n) is 21.0. The number of thioether (sulfide) groups is 1. The number of aryl methyl sites for hydroxylation is 1. The Morgan fingerprint density at radius 1 is 1.13 bits per heavy atom. The molecular formula is C29H26N6OS2. The van der Waals surface area contributed by atoms with Crippen molar-refractivity contribution in [3.05, 3.63) is 76.2 Å². The molecule has 38 heavy (non-hydrogen) atoms. The molecule has 0 aliphatic heterocycles. The number of nitrogens with zero attached hydrogens (tertiary/aromatic N) is 5. The summed E-state index contributed by atoms with van der Waals surface area (Å²) in [5.74, 6) is -0.138. The number of carbonyl (C=O) groups is 1. The monoisotopic (exact) mass is 538 g/mol. The number of carbonyl (C=O) groups excluding carboxylic acids is 1. The second kappa shape index (κ2) is 10.6. The molecule has 0 radical (unpaired) electrons. The molecule has 1 atom stereocenters. The van der Waals surface area contributed by atoms with Crippen LogP contribution < -0.4 is 5.32 Å². The molecule has 1 N–H and O–H groups in total. The summed E-state index contributed by atoms with van der Waals surface area (Å²) in [6.45, 7) is 2.63. The maximum absolute atomic E-state index is 13.3. The van der Waals surface area contributed by atoms with Crippen LogP contribution in [0.15, 0.2) is 59.8 Å². The molecule has 0 saturated heterocycles. The zero-order valence-corrected chi connectivity index (χ0v) is 22.6. The Balaban J connectivity index is 1.30. The van der Waals surface area contributed by atoms with Gasteiger partial charge in [-0.15, -0.1) is 21.5 Å². The lowest BCUT2D eigenvalue weighted by molar-refractivity contribution is -0.115. The lowest BCUT2D eigenvalue weighted by atomic mass is 9.96. The fraction of sp³-hybridized carbons (Fsp3) is 0.276. The van der Waals surface area contributed by atoms with Crippen molar-refractivity contribution in [3.8, 4) is 6.07 Å². The van der Waals surface area contributed by atoms with Crippen LogP contribution in [0.1, 0.15) is 47.8 Å². The number of hydrogen-bond acceptors (Lipinski definition) is 7. The van der Waals surface area contributed by atoms with E-state index in [-0.39, 0.29) is 5.91 Å². The fourth-order valence-electron chi connectivity index (χ4n) is 5.08. The Hall–Kier alpha value is -3.74. The average molecular weight is 539 g/mol. The summed E-state index contributed by atoms with van der Waals surface area (Å²) in [7, 11) is 0. The van der Waals surface area contributed by atoms with E-state index in [4.69, 9.17) is 4.98 Å². The van der Waals surface area contributed by atoms with Gasteiger partial charge < -0.3 is 9.88 Å². The summed E-state index contributed by atoms with van der Waals surface area (Å²) in [5.41, 5.74) is 5.46. The highest BCUT2D eigenvalue weighted by atomic mass is 32.2. The summed E-state index contributed by atoms with van der Waals surface area (Å²) >= 11 is 2.86. The maximum atomic E-state index is 13.3. The van der Waals surface area contributed by atoms with Crippen molar-refractivity contribution in [1.82, 2.24) is 19.7 Å². The van der Waals surface area contributed by atoms with Gasteiger partial charge in [-0.3, -0.25) is 4.79 Å². The summed E-state index contributed by atoms with van der Waals surface area (Å²) in [4.78, 5) is 19.5. The van der Waals surface area contributed by atoms with Crippen LogP contribution in [-0.2, 0) is 24.2 Å². The van der Waals surface area contributed by atoms with Gasteiger partial charge in [-0.05, 0) is 49.3 Å². The molecule has 0 fully saturated rings. The molecule has 0 bridgehead atoms. The van der Waals surface area contributed by atoms with E-state index in [1.165, 1.54) is 22.2 Å². The van der Waals surface area contributed by atoms with Crippen LogP contribution in [0.5, 0.6) is 0 Å². The Morgan fingerprint density at radius 2 is 1.92 bits per heavy atom. The SMILES string of the molecule is CCC(Sc1nnc2c3ccccc3n(Cc3ccccc3)c2n1)C(=O)Nc1sc2c(c1C#N)CCCC2. The minimum absolute atomic E-state index is 0.138. The van der Waals surface area contributed by atoms with Gasteiger partial charge in [-0.25, -0.2) is 4.98 Å². The van der Waals surface area contributed by atoms with Gasteiger partial charge in [-0.1, -0.05) is 67.2 Å². The van der Waals surface area contributed by atoms with E-state index in [0.717, 1.165) is 53.3 Å². The molecule has 1 aliphatic carbocycles. The van der Waals surface area contributed by atoms with Gasteiger partial charge in [0, 0.05) is 16.8 Å². The number of nitriles is 1. The van der Waals surface area contributed by atoms with Crippen molar-refractivity contribution in [1.29, 1.82) is 5.26 Å². The van der Waals surface area contributed by atoms with E-state index in [9.17, 15) is 10.1 Å². The third-order valence-corrected chi connectivity index (χ3v) is 9.39. The highest BCUT2D eigenvalue weighted by Crippen LogP contribution is 2.38. The first kappa shape index (κ1) is 24.6. The quantitative estimate of drug-likeness (QED) is 0.243. The van der Waals surface area contributed by atoms with E-state index >= 15 is 0 Å². The van der Waals surface area contributed by atoms with Crippen molar-refractivity contribution >= 4 is 56.1 Å². The first-order chi connectivity index (χ1) is 18.7. The van der Waals surface area contributed by atoms with Crippen LogP contribution in [0.25, 0.3) is 22.1 Å². The summed E-state index contributed by atoms with van der Waals surface area (Å²) in [5, 5.41) is 23.5. The molecule has 0 saturated carbocycles. The lowest BCUT2D eigenvalue weighted by Crippen LogP contribution is -2.25. The van der Waals surface area contributed by atoms with E-state index in [1.807, 2.05) is 43.3 Å². The van der Waals surface area contributed by atoms with Crippen molar-refractivity contribution in [2.45, 2.75) is 56.0 Å². The molecule has 3 heterocycles. The van der Waals surface area contributed by atoms with Gasteiger partial charge in [0.25, 0.3) is 0 Å². The Bertz CT molecular complexity index is 1680. The lowest BCUT2D eigenvalue weighted by Gasteiger charge is -2.13. The van der Waals surface area contributed by atoms with Crippen molar-refractivity contribution in [2.75, 3.05) is 5.32 Å². The van der Waals surface area contributed by atoms with Gasteiger partial charge in [0.2, 0.25) is 11.1 Å². The fourth-order valence-corrected chi connectivity index (χ4v) is 7.14. The second-order valence-corrected chi connectivity index (χ2v) is 11.7. The normalized spacial score (nSPS) is 13.8. The van der Waals surface area contributed by atoms with Crippen LogP contribution in [0.3, 0.4) is 0 Å². The number of hydrogen-bond donors (Lipinski definition) is 1. The molecule has 2 aromatic carbocycles. The molecule has 7 nitrogen and oxygen atoms in total. The zero-order chi connectivity index (χ0) is 26.1. The Morgan fingerprint density at radius 3 is 2.74 bits per heavy atom. The number of amides is 1. The van der Waals surface area contributed by atoms with E-state index in [1.54, 1.807) is 11.3 Å². The van der Waals surface area contributed by atoms with Crippen LogP contribution in [0.2, 0.25) is 0 Å². The van der Waals surface area contributed by atoms with Crippen molar-refractivity contribution in [3.63, 3.8) is 0 Å². The van der Waals surface area contributed by atoms with Gasteiger partial charge in [0.05, 0.1) is 16.3 Å². The number of thiophene rings is 1. The number of rotatable bonds is 7. The number of benzene rings is 2. The molecule has 3 aromatic heterocycles. The van der Waals surface area contributed by atoms with Crippen LogP contribution >= 0.6 is 23.1 Å². The van der Waals surface area contributed by atoms with Gasteiger partial charge in [-0.2, -0.15) is 5.26 Å². The van der Waals surface area contributed by atoms with Crippen LogP contribution in [0, 0.1) is 11.3 Å². The van der Waals surface area contributed by atoms with Gasteiger partial charge >= 0.3 is 0 Å². The third kappa shape index (κ3) is 4.55. The molecule has 1 aliphatic rings. The second-order valence-electron chi connectivity index (χ2n) is 9.39. The minimum Gasteiger partial charge on any atom is -0.319 e. The number of nitrogens with one attached hydrogen (secondary N) is 1. The van der Waals surface area contributed by atoms with Gasteiger partial charge in [0.15, 0.2) is 5.65 Å². The van der Waals surface area contributed by atoms with Gasteiger partial charge in [0.1, 0.15) is 16.6 Å². The highest BCUT2D eigenvalue weighted by Gasteiger charge is 2.26. The predicted molar refractivity (Wildman–Crippen MR) is 153 cm³/mol. The standard InChI is InChI=1S/C29H26N6OS2/c1-2-23(27(36)32-28-21(16-30)19-12-7-9-15-24(19)37-28)38-29-31-26-25(33-34-29)20-13-6-8-14-22(20)35(26)17-18-10-4-3-5-11-18/h3-6,8,10-11,13-14,23H,2,7,9,12,15,17H2,1H3,(H,32,36). The first-order valence-electron chi connectivity index (χ1n) is 12.8. The molecule has 5 aromatic rings. The van der Waals surface area contributed by atoms with Crippen molar-refractivity contribution < 1.29 is 4.79 Å². The Kier molecular flexibility index (Phi) is 6.83. The molecule has 1 amide bonds. The minimum atomic E-state index is -0.410. The summed E-state index contributed by atoms with van der Waals surface area (Å²) < 4.78 is 2.16. The third-order valence-electron chi connectivity index (χ3n) is 6.97. The van der Waals surface area contributed by atoms with E-state index in [0.29, 0.717) is 28.7 Å². The number of anilines is 1. The molecule has 6 rings (SSSR count). The molecule has 0 spiro atoms. The average Bonchev–Trinajstić information content (AvgIpc) is 3.46. The highest BCUT2D eigenvalue weighted by molar-refractivity contribution is 8.00. The molecule has 190 valence electrons. The number of aromatic nitrogens is 4. The first-order valence-corrected chi connectivity index (χ1v) is 14.5. The summed E-state index contributed by atoms with van der Waals surface area (Å²) in [6, 6.07) is 20.7. The van der Waals surface area contributed by atoms with E-state index in [2.05, 4.69) is 44.3 Å². The molecule has 9 heteroatoms. The van der Waals surface area contributed by atoms with E-state index < -0.39 is 5.25 Å². The largest absolute Gasteiger partial charge is 0.319 e. The summed E-state index contributed by atoms with van der Waals surface area (Å²) in [6.07, 6.45) is 4.71. The number of fused-ring (bicyclic) bond motifs is 4. The number of para-hydroxylation sites is 1. The maximum Gasteiger partial charge on any atom is 0.238 e. The molecule has 1 unspecified atom stereocenters. The predicted octanol–water partition coefficient (Wildman–Crippen LogP) is 6.35. The van der Waals surface area contributed by atoms with Crippen LogP contribution in [0.4, 0.5) is 5.00 Å². The van der Waals surface area contributed by atoms with Crippen molar-refractivity contribution in [2.24, 2.45) is 0 Å². The molecular weight excluding hydrogens is 512 g/mol. The smallest absolute Gasteiger partial charge is 0.238 e.